The Bertz CT molecular complexity index is 286. The quantitative estimate of drug-likeness (QED) is 0.868. The van der Waals surface area contributed by atoms with Crippen LogP contribution in [0.25, 0.3) is 0 Å². The third-order valence-corrected chi connectivity index (χ3v) is 4.05. The van der Waals surface area contributed by atoms with E-state index in [1.807, 2.05) is 6.20 Å². The molecule has 1 aromatic rings. The minimum atomic E-state index is 0.713. The molecule has 16 heavy (non-hydrogen) atoms. The van der Waals surface area contributed by atoms with Gasteiger partial charge >= 0.3 is 0 Å². The lowest BCUT2D eigenvalue weighted by atomic mass is 10.1. The molecule has 1 N–H and O–H groups in total. The molecule has 0 radical (unpaired) electrons. The van der Waals surface area contributed by atoms with Crippen molar-refractivity contribution in [1.82, 2.24) is 15.2 Å². The third-order valence-electron chi connectivity index (χ3n) is 3.21. The van der Waals surface area contributed by atoms with Gasteiger partial charge in [-0.3, -0.25) is 0 Å². The molecule has 1 atom stereocenters. The number of thiazole rings is 1. The molecule has 0 amide bonds. The number of hydrogen-bond acceptors (Lipinski definition) is 4. The maximum absolute atomic E-state index is 4.30. The first kappa shape index (κ1) is 12.0. The summed E-state index contributed by atoms with van der Waals surface area (Å²) in [7, 11) is 2.22. The van der Waals surface area contributed by atoms with Gasteiger partial charge in [0.2, 0.25) is 0 Å². The molecule has 2 heterocycles. The van der Waals surface area contributed by atoms with Crippen LogP contribution in [0.5, 0.6) is 0 Å². The minimum Gasteiger partial charge on any atom is -0.314 e. The van der Waals surface area contributed by atoms with E-state index in [2.05, 4.69) is 27.6 Å². The molecule has 0 bridgehead atoms. The lowest BCUT2D eigenvalue weighted by molar-refractivity contribution is 0.344. The van der Waals surface area contributed by atoms with Crippen LogP contribution in [0.1, 0.15) is 24.3 Å². The van der Waals surface area contributed by atoms with Crippen molar-refractivity contribution in [2.45, 2.75) is 31.7 Å². The van der Waals surface area contributed by atoms with Gasteiger partial charge in [0.25, 0.3) is 0 Å². The molecule has 2 rings (SSSR count). The minimum absolute atomic E-state index is 0.713. The van der Waals surface area contributed by atoms with Gasteiger partial charge in [-0.05, 0) is 39.4 Å². The summed E-state index contributed by atoms with van der Waals surface area (Å²) in [5, 5.41) is 6.96. The normalized spacial score (nSPS) is 23.2. The smallest absolute Gasteiger partial charge is 0.0937 e. The molecular weight excluding hydrogens is 218 g/mol. The maximum atomic E-state index is 4.30. The Balaban J connectivity index is 1.65. The van der Waals surface area contributed by atoms with Gasteiger partial charge in [-0.25, -0.2) is 4.98 Å². The van der Waals surface area contributed by atoms with Gasteiger partial charge in [0.15, 0.2) is 0 Å². The van der Waals surface area contributed by atoms with E-state index < -0.39 is 0 Å². The molecule has 0 spiro atoms. The molecule has 3 nitrogen and oxygen atoms in total. The lowest BCUT2D eigenvalue weighted by Crippen LogP contribution is -2.31. The zero-order valence-corrected chi connectivity index (χ0v) is 10.8. The van der Waals surface area contributed by atoms with Crippen LogP contribution in [-0.4, -0.2) is 42.6 Å². The second-order valence-corrected chi connectivity index (χ2v) is 5.54. The summed E-state index contributed by atoms with van der Waals surface area (Å²) in [6.45, 7) is 3.56. The van der Waals surface area contributed by atoms with E-state index in [0.29, 0.717) is 6.04 Å². The van der Waals surface area contributed by atoms with Crippen LogP contribution in [0.15, 0.2) is 11.6 Å². The fourth-order valence-electron chi connectivity index (χ4n) is 2.20. The topological polar surface area (TPSA) is 28.2 Å². The van der Waals surface area contributed by atoms with Crippen LogP contribution in [-0.2, 0) is 6.42 Å². The fraction of sp³-hybridized carbons (Fsp3) is 0.750. The first-order valence-corrected chi connectivity index (χ1v) is 7.03. The summed E-state index contributed by atoms with van der Waals surface area (Å²) in [4.78, 5) is 6.73. The van der Waals surface area contributed by atoms with Gasteiger partial charge in [0, 0.05) is 30.6 Å². The molecule has 0 saturated carbocycles. The lowest BCUT2D eigenvalue weighted by Gasteiger charge is -2.16. The molecule has 1 saturated heterocycles. The number of nitrogens with one attached hydrogen (secondary N) is 1. The Morgan fingerprint density at radius 2 is 2.44 bits per heavy atom. The molecule has 1 aliphatic rings. The van der Waals surface area contributed by atoms with Crippen LogP contribution in [0.2, 0.25) is 0 Å². The van der Waals surface area contributed by atoms with Crippen molar-refractivity contribution < 1.29 is 0 Å². The number of rotatable bonds is 4. The zero-order chi connectivity index (χ0) is 11.2. The van der Waals surface area contributed by atoms with E-state index in [1.165, 1.54) is 37.4 Å². The largest absolute Gasteiger partial charge is 0.314 e. The van der Waals surface area contributed by atoms with Crippen molar-refractivity contribution in [3.8, 4) is 0 Å². The van der Waals surface area contributed by atoms with Gasteiger partial charge in [0.1, 0.15) is 0 Å². The summed E-state index contributed by atoms with van der Waals surface area (Å²) in [6, 6.07) is 0.713. The van der Waals surface area contributed by atoms with Crippen molar-refractivity contribution in [2.75, 3.05) is 26.7 Å². The Kier molecular flexibility index (Phi) is 4.75. The highest BCUT2D eigenvalue weighted by molar-refractivity contribution is 7.09. The van der Waals surface area contributed by atoms with Crippen molar-refractivity contribution in [2.24, 2.45) is 0 Å². The van der Waals surface area contributed by atoms with Crippen molar-refractivity contribution in [3.05, 3.63) is 16.6 Å². The summed E-state index contributed by atoms with van der Waals surface area (Å²) >= 11 is 1.75. The first-order chi connectivity index (χ1) is 7.84. The van der Waals surface area contributed by atoms with E-state index >= 15 is 0 Å². The molecule has 1 fully saturated rings. The molecule has 0 aliphatic carbocycles. The Labute approximate surface area is 102 Å². The molecule has 90 valence electrons. The van der Waals surface area contributed by atoms with E-state index in [-0.39, 0.29) is 0 Å². The third kappa shape index (κ3) is 3.85. The van der Waals surface area contributed by atoms with Crippen molar-refractivity contribution in [1.29, 1.82) is 0 Å². The van der Waals surface area contributed by atoms with Crippen LogP contribution < -0.4 is 5.32 Å². The maximum Gasteiger partial charge on any atom is 0.0937 e. The van der Waals surface area contributed by atoms with Crippen LogP contribution in [0.3, 0.4) is 0 Å². The standard InChI is InChI=1S/C12H21N3S/c1-15-8-2-3-11(5-9-15)13-6-4-12-14-7-10-16-12/h7,10-11,13H,2-6,8-9H2,1H3. The van der Waals surface area contributed by atoms with Gasteiger partial charge in [-0.1, -0.05) is 0 Å². The van der Waals surface area contributed by atoms with E-state index in [1.54, 1.807) is 11.3 Å². The Hall–Kier alpha value is -0.450. The van der Waals surface area contributed by atoms with Gasteiger partial charge < -0.3 is 10.2 Å². The first-order valence-electron chi connectivity index (χ1n) is 6.15. The molecule has 1 aliphatic heterocycles. The monoisotopic (exact) mass is 239 g/mol. The fourth-order valence-corrected chi connectivity index (χ4v) is 2.82. The predicted octanol–water partition coefficient (Wildman–Crippen LogP) is 1.76. The zero-order valence-electron chi connectivity index (χ0n) is 9.98. The van der Waals surface area contributed by atoms with E-state index in [0.717, 1.165) is 13.0 Å². The predicted molar refractivity (Wildman–Crippen MR) is 69.0 cm³/mol. The average Bonchev–Trinajstić information content (AvgIpc) is 2.70. The number of likely N-dealkylation sites (tertiary alicyclic amines) is 1. The Morgan fingerprint density at radius 3 is 3.25 bits per heavy atom. The highest BCUT2D eigenvalue weighted by atomic mass is 32.1. The summed E-state index contributed by atoms with van der Waals surface area (Å²) < 4.78 is 0. The highest BCUT2D eigenvalue weighted by Gasteiger charge is 2.13. The van der Waals surface area contributed by atoms with E-state index in [4.69, 9.17) is 0 Å². The van der Waals surface area contributed by atoms with Crippen molar-refractivity contribution >= 4 is 11.3 Å². The number of nitrogens with zero attached hydrogens (tertiary/aromatic N) is 2. The van der Waals surface area contributed by atoms with Gasteiger partial charge in [0.05, 0.1) is 5.01 Å². The second-order valence-electron chi connectivity index (χ2n) is 4.56. The molecule has 1 aromatic heterocycles. The van der Waals surface area contributed by atoms with Gasteiger partial charge in [-0.15, -0.1) is 11.3 Å². The van der Waals surface area contributed by atoms with Crippen LogP contribution in [0, 0.1) is 0 Å². The van der Waals surface area contributed by atoms with E-state index in [9.17, 15) is 0 Å². The summed E-state index contributed by atoms with van der Waals surface area (Å²) in [5.74, 6) is 0. The van der Waals surface area contributed by atoms with Crippen molar-refractivity contribution in [3.63, 3.8) is 0 Å². The highest BCUT2D eigenvalue weighted by Crippen LogP contribution is 2.10. The molecule has 4 heteroatoms. The summed E-state index contributed by atoms with van der Waals surface area (Å²) in [5.41, 5.74) is 0. The molecule has 0 aromatic carbocycles. The number of hydrogen-bond donors (Lipinski definition) is 1. The average molecular weight is 239 g/mol. The molecule has 1 unspecified atom stereocenters. The second kappa shape index (κ2) is 6.33. The van der Waals surface area contributed by atoms with Gasteiger partial charge in [-0.2, -0.15) is 0 Å². The summed E-state index contributed by atoms with van der Waals surface area (Å²) in [6.07, 6.45) is 6.90. The number of aromatic nitrogens is 1. The van der Waals surface area contributed by atoms with Crippen LogP contribution in [0.4, 0.5) is 0 Å². The Morgan fingerprint density at radius 1 is 1.50 bits per heavy atom. The molecular formula is C12H21N3S. The SMILES string of the molecule is CN1CCCC(NCCc2nccs2)CC1. The van der Waals surface area contributed by atoms with Crippen LogP contribution >= 0.6 is 11.3 Å².